The van der Waals surface area contributed by atoms with Crippen LogP contribution in [-0.2, 0) is 10.0 Å². The van der Waals surface area contributed by atoms with Crippen LogP contribution in [0.15, 0.2) is 59.1 Å². The Hall–Kier alpha value is -2.60. The third-order valence-corrected chi connectivity index (χ3v) is 6.37. The molecule has 0 N–H and O–H groups in total. The maximum absolute atomic E-state index is 13.1. The summed E-state index contributed by atoms with van der Waals surface area (Å²) in [5.74, 6) is -0.277. The maximum atomic E-state index is 13.1. The van der Waals surface area contributed by atoms with E-state index in [1.807, 2.05) is 43.3 Å². The number of fused-ring (bicyclic) bond motifs is 1. The molecule has 0 saturated heterocycles. The van der Waals surface area contributed by atoms with Crippen LogP contribution >= 0.6 is 0 Å². The van der Waals surface area contributed by atoms with Crippen molar-refractivity contribution in [3.05, 3.63) is 65.4 Å². The van der Waals surface area contributed by atoms with Gasteiger partial charge in [-0.25, -0.2) is 8.42 Å². The van der Waals surface area contributed by atoms with Gasteiger partial charge in [0.1, 0.15) is 5.70 Å². The Bertz CT molecular complexity index is 974. The van der Waals surface area contributed by atoms with Gasteiger partial charge in [0.05, 0.1) is 4.90 Å². The average molecular weight is 370 g/mol. The number of benzene rings is 2. The minimum Gasteiger partial charge on any atom is -0.378 e. The van der Waals surface area contributed by atoms with Gasteiger partial charge in [0, 0.05) is 31.4 Å². The van der Waals surface area contributed by atoms with Gasteiger partial charge in [-0.3, -0.25) is 9.10 Å². The van der Waals surface area contributed by atoms with Gasteiger partial charge in [-0.1, -0.05) is 24.3 Å². The summed E-state index contributed by atoms with van der Waals surface area (Å²) in [6.07, 6.45) is 1.65. The van der Waals surface area contributed by atoms with E-state index in [0.29, 0.717) is 0 Å². The molecule has 136 valence electrons. The van der Waals surface area contributed by atoms with Gasteiger partial charge in [-0.2, -0.15) is 0 Å². The maximum Gasteiger partial charge on any atom is 0.265 e. The first-order valence-electron chi connectivity index (χ1n) is 8.40. The summed E-state index contributed by atoms with van der Waals surface area (Å²) in [6, 6.07) is 13.6. The lowest BCUT2D eigenvalue weighted by Crippen LogP contribution is -2.43. The highest BCUT2D eigenvalue weighted by Gasteiger charge is 2.40. The van der Waals surface area contributed by atoms with Gasteiger partial charge in [-0.15, -0.1) is 0 Å². The second-order valence-corrected chi connectivity index (χ2v) is 8.52. The summed E-state index contributed by atoms with van der Waals surface area (Å²) in [5, 5.41) is 0. The van der Waals surface area contributed by atoms with Crippen LogP contribution in [-0.4, -0.2) is 38.6 Å². The number of Topliss-reactive ketones (excluding diaryl/α,β-unsaturated/α-hetero) is 1. The molecule has 1 aliphatic heterocycles. The van der Waals surface area contributed by atoms with Crippen LogP contribution < -0.4 is 4.90 Å². The lowest BCUT2D eigenvalue weighted by atomic mass is 10.0. The number of ketones is 1. The van der Waals surface area contributed by atoms with Crippen molar-refractivity contribution < 1.29 is 13.2 Å². The predicted octanol–water partition coefficient (Wildman–Crippen LogP) is 3.39. The van der Waals surface area contributed by atoms with E-state index in [2.05, 4.69) is 0 Å². The number of carbonyl (C=O) groups excluding carboxylic acids is 1. The third-order valence-electron chi connectivity index (χ3n) is 4.32. The van der Waals surface area contributed by atoms with Crippen molar-refractivity contribution in [2.24, 2.45) is 0 Å². The highest BCUT2D eigenvalue weighted by Crippen LogP contribution is 2.34. The molecule has 0 spiro atoms. The molecule has 0 fully saturated rings. The van der Waals surface area contributed by atoms with Crippen LogP contribution in [0.1, 0.15) is 29.8 Å². The quantitative estimate of drug-likeness (QED) is 0.777. The molecular formula is C20H22N2O3S. The van der Waals surface area contributed by atoms with Gasteiger partial charge >= 0.3 is 0 Å². The van der Waals surface area contributed by atoms with Crippen LogP contribution in [0.25, 0.3) is 6.08 Å². The molecule has 26 heavy (non-hydrogen) atoms. The largest absolute Gasteiger partial charge is 0.378 e. The number of allylic oxidation sites excluding steroid dienone is 1. The fourth-order valence-electron chi connectivity index (χ4n) is 3.06. The van der Waals surface area contributed by atoms with Gasteiger partial charge in [0.2, 0.25) is 5.78 Å². The average Bonchev–Trinajstić information content (AvgIpc) is 2.59. The van der Waals surface area contributed by atoms with E-state index >= 15 is 0 Å². The van der Waals surface area contributed by atoms with E-state index in [1.54, 1.807) is 38.1 Å². The monoisotopic (exact) mass is 370 g/mol. The Kier molecular flexibility index (Phi) is 4.63. The highest BCUT2D eigenvalue weighted by atomic mass is 32.2. The van der Waals surface area contributed by atoms with E-state index in [0.717, 1.165) is 11.3 Å². The number of nitrogens with zero attached hydrogens (tertiary/aromatic N) is 2. The van der Waals surface area contributed by atoms with Gasteiger partial charge < -0.3 is 4.90 Å². The fourth-order valence-corrected chi connectivity index (χ4v) is 4.91. The summed E-state index contributed by atoms with van der Waals surface area (Å²) >= 11 is 0. The number of anilines is 1. The standard InChI is InChI=1S/C20H22N2O3S/c1-14(2)22-18(13-15-9-11-16(12-10-15)21(3)4)20(23)17-7-5-6-8-19(17)26(22,24)25/h5-14H,1-4H3/b18-13+. The molecule has 2 aromatic carbocycles. The molecule has 0 aromatic heterocycles. The Morgan fingerprint density at radius 1 is 1.00 bits per heavy atom. The van der Waals surface area contributed by atoms with Crippen molar-refractivity contribution in [1.82, 2.24) is 4.31 Å². The van der Waals surface area contributed by atoms with Crippen molar-refractivity contribution in [3.63, 3.8) is 0 Å². The van der Waals surface area contributed by atoms with Crippen LogP contribution in [0.3, 0.4) is 0 Å². The number of carbonyl (C=O) groups is 1. The summed E-state index contributed by atoms with van der Waals surface area (Å²) in [6.45, 7) is 3.53. The second kappa shape index (κ2) is 6.61. The molecule has 6 heteroatoms. The van der Waals surface area contributed by atoms with Crippen LogP contribution in [0.4, 0.5) is 5.69 Å². The second-order valence-electron chi connectivity index (χ2n) is 6.74. The minimum atomic E-state index is -3.77. The predicted molar refractivity (Wildman–Crippen MR) is 104 cm³/mol. The highest BCUT2D eigenvalue weighted by molar-refractivity contribution is 7.89. The number of hydrogen-bond acceptors (Lipinski definition) is 4. The molecule has 0 aliphatic carbocycles. The Morgan fingerprint density at radius 3 is 2.19 bits per heavy atom. The lowest BCUT2D eigenvalue weighted by molar-refractivity contribution is 0.0996. The molecule has 5 nitrogen and oxygen atoms in total. The molecule has 1 aliphatic rings. The smallest absolute Gasteiger partial charge is 0.265 e. The van der Waals surface area contributed by atoms with E-state index < -0.39 is 10.0 Å². The Labute approximate surface area is 154 Å². The first-order chi connectivity index (χ1) is 12.2. The number of hydrogen-bond donors (Lipinski definition) is 0. The van der Waals surface area contributed by atoms with E-state index in [9.17, 15) is 13.2 Å². The number of sulfonamides is 1. The molecule has 0 radical (unpaired) electrons. The van der Waals surface area contributed by atoms with E-state index in [4.69, 9.17) is 0 Å². The zero-order valence-corrected chi connectivity index (χ0v) is 16.1. The number of rotatable bonds is 3. The van der Waals surface area contributed by atoms with Crippen molar-refractivity contribution in [3.8, 4) is 0 Å². The molecule has 1 heterocycles. The van der Waals surface area contributed by atoms with Gasteiger partial charge in [-0.05, 0) is 49.8 Å². The van der Waals surface area contributed by atoms with E-state index in [1.165, 1.54) is 10.4 Å². The zero-order chi connectivity index (χ0) is 19.1. The molecule has 0 atom stereocenters. The zero-order valence-electron chi connectivity index (χ0n) is 15.3. The van der Waals surface area contributed by atoms with Crippen molar-refractivity contribution in [1.29, 1.82) is 0 Å². The van der Waals surface area contributed by atoms with Gasteiger partial charge in [0.15, 0.2) is 0 Å². The van der Waals surface area contributed by atoms with Crippen molar-refractivity contribution in [2.45, 2.75) is 24.8 Å². The first-order valence-corrected chi connectivity index (χ1v) is 9.84. The molecule has 0 bridgehead atoms. The van der Waals surface area contributed by atoms with Gasteiger partial charge in [0.25, 0.3) is 10.0 Å². The molecular weight excluding hydrogens is 348 g/mol. The lowest BCUT2D eigenvalue weighted by Gasteiger charge is -2.34. The molecule has 3 rings (SSSR count). The van der Waals surface area contributed by atoms with Crippen molar-refractivity contribution >= 4 is 27.6 Å². The Balaban J connectivity index is 2.17. The summed E-state index contributed by atoms with van der Waals surface area (Å²) in [5.41, 5.74) is 2.21. The summed E-state index contributed by atoms with van der Waals surface area (Å²) in [7, 11) is 0.123. The third kappa shape index (κ3) is 3.01. The Morgan fingerprint density at radius 2 is 1.62 bits per heavy atom. The van der Waals surface area contributed by atoms with Crippen molar-refractivity contribution in [2.75, 3.05) is 19.0 Å². The minimum absolute atomic E-state index is 0.0683. The van der Waals surface area contributed by atoms with Crippen LogP contribution in [0, 0.1) is 0 Å². The molecule has 2 aromatic rings. The summed E-state index contributed by atoms with van der Waals surface area (Å²) in [4.78, 5) is 15.1. The summed E-state index contributed by atoms with van der Waals surface area (Å²) < 4.78 is 27.3. The van der Waals surface area contributed by atoms with Crippen LogP contribution in [0.5, 0.6) is 0 Å². The van der Waals surface area contributed by atoms with Crippen LogP contribution in [0.2, 0.25) is 0 Å². The normalized spacial score (nSPS) is 17.5. The first kappa shape index (κ1) is 18.2. The molecule has 0 saturated carbocycles. The molecule has 0 unspecified atom stereocenters. The topological polar surface area (TPSA) is 57.7 Å². The SMILES string of the molecule is CC(C)N1/C(=C/c2ccc(N(C)C)cc2)C(=O)c2ccccc2S1(=O)=O. The van der Waals surface area contributed by atoms with E-state index in [-0.39, 0.29) is 28.0 Å². The fraction of sp³-hybridized carbons (Fsp3) is 0.250. The molecule has 0 amide bonds.